The first-order valence-electron chi connectivity index (χ1n) is 11.1. The van der Waals surface area contributed by atoms with E-state index in [1.165, 1.54) is 21.3 Å². The Balaban J connectivity index is 1.18. The summed E-state index contributed by atoms with van der Waals surface area (Å²) in [6, 6.07) is 3.86. The summed E-state index contributed by atoms with van der Waals surface area (Å²) in [5.41, 5.74) is 4.30. The fraction of sp³-hybridized carbons (Fsp3) is 0.458. The molecule has 4 heterocycles. The largest absolute Gasteiger partial charge is 0.371 e. The summed E-state index contributed by atoms with van der Waals surface area (Å²) >= 11 is 1.95. The molecule has 0 atom stereocenters. The molecule has 5 rings (SSSR count). The molecule has 3 aliphatic rings. The fourth-order valence-corrected chi connectivity index (χ4v) is 5.79. The summed E-state index contributed by atoms with van der Waals surface area (Å²) in [5.74, 6) is 0.502. The number of nitrogens with zero attached hydrogens (tertiary/aromatic N) is 5. The van der Waals surface area contributed by atoms with Crippen molar-refractivity contribution in [3.8, 4) is 0 Å². The number of fused-ring (bicyclic) bond motifs is 1. The summed E-state index contributed by atoms with van der Waals surface area (Å²) < 4.78 is 0. The van der Waals surface area contributed by atoms with Gasteiger partial charge in [0.05, 0.1) is 22.6 Å². The Kier molecular flexibility index (Phi) is 5.52. The van der Waals surface area contributed by atoms with E-state index in [2.05, 4.69) is 33.0 Å². The predicted molar refractivity (Wildman–Crippen MR) is 125 cm³/mol. The number of hydrogen-bond acceptors (Lipinski definition) is 6. The lowest BCUT2D eigenvalue weighted by Crippen LogP contribution is -2.33. The number of carbonyl (C=O) groups excluding carboxylic acids is 1. The molecule has 2 aromatic rings. The third-order valence-electron chi connectivity index (χ3n) is 6.50. The Bertz CT molecular complexity index is 990. The summed E-state index contributed by atoms with van der Waals surface area (Å²) in [4.78, 5) is 29.4. The van der Waals surface area contributed by atoms with Crippen molar-refractivity contribution in [1.82, 2.24) is 19.8 Å². The minimum atomic E-state index is -0.0576. The molecular formula is C24H29N5OS. The third-order valence-corrected chi connectivity index (χ3v) is 7.82. The highest BCUT2D eigenvalue weighted by Crippen LogP contribution is 2.35. The van der Waals surface area contributed by atoms with Crippen LogP contribution in [0, 0.1) is 0 Å². The lowest BCUT2D eigenvalue weighted by Gasteiger charge is -2.32. The van der Waals surface area contributed by atoms with Gasteiger partial charge in [-0.2, -0.15) is 0 Å². The van der Waals surface area contributed by atoms with Gasteiger partial charge in [-0.25, -0.2) is 9.97 Å². The van der Waals surface area contributed by atoms with Crippen molar-refractivity contribution in [3.63, 3.8) is 0 Å². The highest BCUT2D eigenvalue weighted by atomic mass is 32.1. The van der Waals surface area contributed by atoms with Crippen molar-refractivity contribution >= 4 is 22.9 Å². The summed E-state index contributed by atoms with van der Waals surface area (Å²) in [6.45, 7) is 4.18. The van der Waals surface area contributed by atoms with Gasteiger partial charge in [0.25, 0.3) is 5.91 Å². The zero-order valence-corrected chi connectivity index (χ0v) is 19.1. The van der Waals surface area contributed by atoms with E-state index in [1.54, 1.807) is 19.0 Å². The van der Waals surface area contributed by atoms with Gasteiger partial charge < -0.3 is 14.7 Å². The van der Waals surface area contributed by atoms with Crippen molar-refractivity contribution < 1.29 is 4.79 Å². The van der Waals surface area contributed by atoms with E-state index in [0.717, 1.165) is 57.5 Å². The van der Waals surface area contributed by atoms with Gasteiger partial charge in [-0.3, -0.25) is 4.79 Å². The normalized spacial score (nSPS) is 18.8. The van der Waals surface area contributed by atoms with Gasteiger partial charge in [0.15, 0.2) is 0 Å². The highest BCUT2D eigenvalue weighted by molar-refractivity contribution is 7.11. The SMILES string of the molecule is CN(C)C(=O)c1ccc(N2CCC(c3nc4c(s3)CCN(C3=CC=C3)CC4)CC2)cn1. The minimum absolute atomic E-state index is 0.0576. The molecule has 0 unspecified atom stereocenters. The number of carbonyl (C=O) groups is 1. The molecule has 6 nitrogen and oxygen atoms in total. The predicted octanol–water partition coefficient (Wildman–Crippen LogP) is 3.48. The Morgan fingerprint density at radius 3 is 2.52 bits per heavy atom. The number of thiazole rings is 1. The van der Waals surface area contributed by atoms with Crippen LogP contribution in [0.5, 0.6) is 0 Å². The van der Waals surface area contributed by atoms with E-state index in [4.69, 9.17) is 4.98 Å². The first-order valence-corrected chi connectivity index (χ1v) is 11.9. The number of allylic oxidation sites excluding steroid dienone is 3. The number of aromatic nitrogens is 2. The van der Waals surface area contributed by atoms with E-state index in [1.807, 2.05) is 29.7 Å². The van der Waals surface area contributed by atoms with Gasteiger partial charge >= 0.3 is 0 Å². The number of amides is 1. The molecule has 0 aromatic carbocycles. The number of piperidine rings is 1. The lowest BCUT2D eigenvalue weighted by atomic mass is 9.97. The molecule has 1 aliphatic carbocycles. The van der Waals surface area contributed by atoms with Crippen molar-refractivity contribution in [2.75, 3.05) is 45.2 Å². The molecule has 1 fully saturated rings. The molecular weight excluding hydrogens is 406 g/mol. The highest BCUT2D eigenvalue weighted by Gasteiger charge is 2.26. The van der Waals surface area contributed by atoms with Crippen molar-refractivity contribution in [2.45, 2.75) is 31.6 Å². The standard InChI is InChI=1S/C24H29N5OS/c1-27(2)24(30)21-7-6-19(16-25-21)29-12-8-17(9-13-29)23-26-20-10-14-28(18-4-3-5-18)15-11-22(20)31-23/h3-7,16-17H,8-15H2,1-2H3. The van der Waals surface area contributed by atoms with E-state index in [9.17, 15) is 4.79 Å². The van der Waals surface area contributed by atoms with E-state index >= 15 is 0 Å². The summed E-state index contributed by atoms with van der Waals surface area (Å²) in [5, 5.41) is 1.34. The Morgan fingerprint density at radius 2 is 1.87 bits per heavy atom. The molecule has 0 radical (unpaired) electrons. The van der Waals surface area contributed by atoms with Gasteiger partial charge in [0, 0.05) is 69.6 Å². The van der Waals surface area contributed by atoms with E-state index in [-0.39, 0.29) is 5.91 Å². The Labute approximate surface area is 187 Å². The molecule has 1 amide bonds. The number of anilines is 1. The van der Waals surface area contributed by atoms with Crippen LogP contribution in [-0.2, 0) is 12.8 Å². The van der Waals surface area contributed by atoms with Crippen LogP contribution in [0.1, 0.15) is 44.8 Å². The maximum absolute atomic E-state index is 12.0. The van der Waals surface area contributed by atoms with Gasteiger partial charge in [-0.1, -0.05) is 6.08 Å². The van der Waals surface area contributed by atoms with Crippen LogP contribution in [0.4, 0.5) is 5.69 Å². The molecule has 0 bridgehead atoms. The topological polar surface area (TPSA) is 52.6 Å². The summed E-state index contributed by atoms with van der Waals surface area (Å²) in [6.07, 6.45) is 12.8. The maximum Gasteiger partial charge on any atom is 0.271 e. The lowest BCUT2D eigenvalue weighted by molar-refractivity contribution is 0.0822. The Hall–Kier alpha value is -2.67. The van der Waals surface area contributed by atoms with Gasteiger partial charge in [0.1, 0.15) is 5.69 Å². The number of pyridine rings is 1. The van der Waals surface area contributed by atoms with Crippen LogP contribution in [0.15, 0.2) is 42.3 Å². The van der Waals surface area contributed by atoms with Gasteiger partial charge in [-0.05, 0) is 37.1 Å². The molecule has 0 N–H and O–H groups in total. The quantitative estimate of drug-likeness (QED) is 0.736. The smallest absolute Gasteiger partial charge is 0.271 e. The third kappa shape index (κ3) is 4.11. The molecule has 2 aromatic heterocycles. The van der Waals surface area contributed by atoms with Crippen molar-refractivity contribution in [1.29, 1.82) is 0 Å². The van der Waals surface area contributed by atoms with Crippen LogP contribution in [0.25, 0.3) is 0 Å². The molecule has 31 heavy (non-hydrogen) atoms. The van der Waals surface area contributed by atoms with E-state index < -0.39 is 0 Å². The van der Waals surface area contributed by atoms with Crippen molar-refractivity contribution in [3.05, 3.63) is 63.5 Å². The fourth-order valence-electron chi connectivity index (χ4n) is 4.52. The first-order chi connectivity index (χ1) is 15.1. The molecule has 1 saturated heterocycles. The Morgan fingerprint density at radius 1 is 1.10 bits per heavy atom. The number of rotatable bonds is 4. The summed E-state index contributed by atoms with van der Waals surface area (Å²) in [7, 11) is 3.50. The first kappa shape index (κ1) is 20.2. The molecule has 0 spiro atoms. The second-order valence-corrected chi connectivity index (χ2v) is 9.84. The zero-order chi connectivity index (χ0) is 21.4. The van der Waals surface area contributed by atoms with Crippen LogP contribution in [-0.4, -0.2) is 65.9 Å². The maximum atomic E-state index is 12.0. The van der Waals surface area contributed by atoms with Gasteiger partial charge in [-0.15, -0.1) is 11.3 Å². The van der Waals surface area contributed by atoms with Crippen molar-refractivity contribution in [2.24, 2.45) is 0 Å². The second kappa shape index (κ2) is 8.46. The van der Waals surface area contributed by atoms with Crippen LogP contribution < -0.4 is 4.90 Å². The average Bonchev–Trinajstić information content (AvgIpc) is 3.07. The second-order valence-electron chi connectivity index (χ2n) is 8.72. The van der Waals surface area contributed by atoms with E-state index in [0.29, 0.717) is 11.6 Å². The molecule has 0 saturated carbocycles. The van der Waals surface area contributed by atoms with Crippen LogP contribution in [0.3, 0.4) is 0 Å². The van der Waals surface area contributed by atoms with Gasteiger partial charge in [0.2, 0.25) is 0 Å². The minimum Gasteiger partial charge on any atom is -0.371 e. The zero-order valence-electron chi connectivity index (χ0n) is 18.3. The van der Waals surface area contributed by atoms with Crippen LogP contribution in [0.2, 0.25) is 0 Å². The molecule has 162 valence electrons. The number of hydrogen-bond donors (Lipinski definition) is 0. The molecule has 2 aliphatic heterocycles. The average molecular weight is 436 g/mol. The monoisotopic (exact) mass is 435 g/mol. The molecule has 7 heteroatoms. The van der Waals surface area contributed by atoms with Crippen LogP contribution >= 0.6 is 11.3 Å².